The summed E-state index contributed by atoms with van der Waals surface area (Å²) < 4.78 is 0. The molecule has 0 aliphatic heterocycles. The molecular formula is C15H15N5OS. The fraction of sp³-hybridized carbons (Fsp3) is 0.200. The Bertz CT molecular complexity index is 723. The lowest BCUT2D eigenvalue weighted by Gasteiger charge is -2.02. The van der Waals surface area contributed by atoms with Gasteiger partial charge >= 0.3 is 0 Å². The summed E-state index contributed by atoms with van der Waals surface area (Å²) in [5, 5.41) is 11.8. The molecule has 3 aromatic rings. The number of nitrogens with one attached hydrogen (secondary N) is 2. The number of aromatic nitrogens is 4. The van der Waals surface area contributed by atoms with Crippen LogP contribution in [0.15, 0.2) is 41.9 Å². The van der Waals surface area contributed by atoms with E-state index in [-0.39, 0.29) is 12.3 Å². The molecule has 0 saturated carbocycles. The summed E-state index contributed by atoms with van der Waals surface area (Å²) in [5.41, 5.74) is 0.683. The van der Waals surface area contributed by atoms with Crippen molar-refractivity contribution >= 4 is 17.2 Å². The van der Waals surface area contributed by atoms with Gasteiger partial charge in [0.1, 0.15) is 11.5 Å². The first-order valence-electron chi connectivity index (χ1n) is 6.93. The second-order valence-corrected chi connectivity index (χ2v) is 5.71. The van der Waals surface area contributed by atoms with Crippen LogP contribution in [-0.4, -0.2) is 32.6 Å². The Hall–Kier alpha value is -2.54. The number of carbonyl (C=O) groups excluding carboxylic acids is 1. The summed E-state index contributed by atoms with van der Waals surface area (Å²) >= 11 is 1.69. The molecule has 6 nitrogen and oxygen atoms in total. The second kappa shape index (κ2) is 6.95. The van der Waals surface area contributed by atoms with Crippen molar-refractivity contribution in [2.24, 2.45) is 0 Å². The third-order valence-corrected chi connectivity index (χ3v) is 3.96. The normalized spacial score (nSPS) is 10.5. The average Bonchev–Trinajstić information content (AvgIpc) is 3.20. The fourth-order valence-corrected chi connectivity index (χ4v) is 2.69. The highest BCUT2D eigenvalue weighted by molar-refractivity contribution is 7.09. The number of hydrogen-bond donors (Lipinski definition) is 2. The lowest BCUT2D eigenvalue weighted by Crippen LogP contribution is -2.27. The summed E-state index contributed by atoms with van der Waals surface area (Å²) in [6.07, 6.45) is 2.71. The highest BCUT2D eigenvalue weighted by Gasteiger charge is 2.10. The van der Waals surface area contributed by atoms with E-state index in [1.165, 1.54) is 4.88 Å². The molecule has 0 radical (unpaired) electrons. The van der Waals surface area contributed by atoms with E-state index in [1.54, 1.807) is 17.5 Å². The zero-order valence-electron chi connectivity index (χ0n) is 11.8. The molecule has 0 fully saturated rings. The van der Waals surface area contributed by atoms with E-state index in [1.807, 2.05) is 29.6 Å². The fourth-order valence-electron chi connectivity index (χ4n) is 1.98. The van der Waals surface area contributed by atoms with Crippen LogP contribution < -0.4 is 5.32 Å². The van der Waals surface area contributed by atoms with Gasteiger partial charge < -0.3 is 5.32 Å². The molecule has 3 heterocycles. The molecule has 3 rings (SSSR count). The summed E-state index contributed by atoms with van der Waals surface area (Å²) in [7, 11) is 0. The zero-order valence-corrected chi connectivity index (χ0v) is 12.6. The number of hydrogen-bond acceptors (Lipinski definition) is 5. The molecule has 1 amide bonds. The Morgan fingerprint density at radius 2 is 2.23 bits per heavy atom. The van der Waals surface area contributed by atoms with Crippen LogP contribution in [-0.2, 0) is 17.6 Å². The molecule has 0 spiro atoms. The molecule has 0 aliphatic carbocycles. The van der Waals surface area contributed by atoms with Crippen LogP contribution in [0.3, 0.4) is 0 Å². The minimum absolute atomic E-state index is 0.0692. The van der Waals surface area contributed by atoms with Gasteiger partial charge in [-0.1, -0.05) is 12.1 Å². The zero-order chi connectivity index (χ0) is 15.2. The van der Waals surface area contributed by atoms with Crippen molar-refractivity contribution in [3.05, 3.63) is 52.6 Å². The van der Waals surface area contributed by atoms with Crippen LogP contribution in [0.4, 0.5) is 0 Å². The highest BCUT2D eigenvalue weighted by atomic mass is 32.1. The van der Waals surface area contributed by atoms with Crippen LogP contribution in [0.25, 0.3) is 11.5 Å². The monoisotopic (exact) mass is 313 g/mol. The predicted molar refractivity (Wildman–Crippen MR) is 84.4 cm³/mol. The van der Waals surface area contributed by atoms with Gasteiger partial charge in [0.2, 0.25) is 5.91 Å². The van der Waals surface area contributed by atoms with E-state index >= 15 is 0 Å². The van der Waals surface area contributed by atoms with Crippen molar-refractivity contribution in [3.63, 3.8) is 0 Å². The summed E-state index contributed by atoms with van der Waals surface area (Å²) in [5.74, 6) is 0.969. The average molecular weight is 313 g/mol. The number of H-pyrrole nitrogens is 1. The van der Waals surface area contributed by atoms with Crippen molar-refractivity contribution in [1.29, 1.82) is 0 Å². The van der Waals surface area contributed by atoms with Crippen molar-refractivity contribution in [2.45, 2.75) is 12.8 Å². The van der Waals surface area contributed by atoms with Crippen molar-refractivity contribution in [2.75, 3.05) is 6.54 Å². The Morgan fingerprint density at radius 3 is 3.00 bits per heavy atom. The minimum Gasteiger partial charge on any atom is -0.355 e. The van der Waals surface area contributed by atoms with Crippen LogP contribution in [0.5, 0.6) is 0 Å². The third kappa shape index (κ3) is 3.76. The standard InChI is InChI=1S/C15H15N5OS/c21-14(17-8-6-11-4-3-9-22-11)10-13-18-15(20-19-13)12-5-1-2-7-16-12/h1-5,7,9H,6,8,10H2,(H,17,21)(H,18,19,20). The Kier molecular flexibility index (Phi) is 4.55. The molecule has 0 aliphatic rings. The minimum atomic E-state index is -0.0692. The van der Waals surface area contributed by atoms with Crippen molar-refractivity contribution in [3.8, 4) is 11.5 Å². The maximum Gasteiger partial charge on any atom is 0.227 e. The van der Waals surface area contributed by atoms with E-state index in [0.717, 1.165) is 6.42 Å². The van der Waals surface area contributed by atoms with Crippen LogP contribution in [0.2, 0.25) is 0 Å². The van der Waals surface area contributed by atoms with E-state index in [0.29, 0.717) is 23.9 Å². The quantitative estimate of drug-likeness (QED) is 0.727. The number of rotatable bonds is 6. The number of carbonyl (C=O) groups is 1. The molecule has 7 heteroatoms. The molecule has 0 bridgehead atoms. The topological polar surface area (TPSA) is 83.6 Å². The predicted octanol–water partition coefficient (Wildman–Crippen LogP) is 1.83. The number of aromatic amines is 1. The van der Waals surface area contributed by atoms with Gasteiger partial charge in [0.15, 0.2) is 5.82 Å². The van der Waals surface area contributed by atoms with Crippen molar-refractivity contribution in [1.82, 2.24) is 25.5 Å². The molecule has 3 aromatic heterocycles. The number of thiophene rings is 1. The number of amides is 1. The molecule has 2 N–H and O–H groups in total. The summed E-state index contributed by atoms with van der Waals surface area (Å²) in [6, 6.07) is 9.60. The van der Waals surface area contributed by atoms with Gasteiger partial charge in [-0.3, -0.25) is 14.9 Å². The lowest BCUT2D eigenvalue weighted by molar-refractivity contribution is -0.120. The van der Waals surface area contributed by atoms with E-state index in [2.05, 4.69) is 31.5 Å². The Balaban J connectivity index is 1.50. The summed E-state index contributed by atoms with van der Waals surface area (Å²) in [4.78, 5) is 21.6. The lowest BCUT2D eigenvalue weighted by atomic mass is 10.3. The highest BCUT2D eigenvalue weighted by Crippen LogP contribution is 2.10. The van der Waals surface area contributed by atoms with Crippen LogP contribution in [0, 0.1) is 0 Å². The van der Waals surface area contributed by atoms with E-state index < -0.39 is 0 Å². The molecule has 0 aromatic carbocycles. The maximum absolute atomic E-state index is 11.9. The van der Waals surface area contributed by atoms with Crippen LogP contribution in [0.1, 0.15) is 10.7 Å². The first-order valence-corrected chi connectivity index (χ1v) is 7.81. The van der Waals surface area contributed by atoms with Gasteiger partial charge in [0.05, 0.1) is 6.42 Å². The van der Waals surface area contributed by atoms with Crippen molar-refractivity contribution < 1.29 is 4.79 Å². The second-order valence-electron chi connectivity index (χ2n) is 4.68. The Morgan fingerprint density at radius 1 is 1.27 bits per heavy atom. The van der Waals surface area contributed by atoms with Gasteiger partial charge in [-0.2, -0.15) is 5.10 Å². The van der Waals surface area contributed by atoms with E-state index in [9.17, 15) is 4.79 Å². The molecule has 0 unspecified atom stereocenters. The first kappa shape index (κ1) is 14.4. The van der Waals surface area contributed by atoms with Gasteiger partial charge in [-0.25, -0.2) is 4.98 Å². The maximum atomic E-state index is 11.9. The third-order valence-electron chi connectivity index (χ3n) is 3.03. The van der Waals surface area contributed by atoms with Gasteiger partial charge in [0.25, 0.3) is 0 Å². The molecular weight excluding hydrogens is 298 g/mol. The first-order chi connectivity index (χ1) is 10.8. The SMILES string of the molecule is O=C(Cc1nc(-c2ccccn2)n[nH]1)NCCc1cccs1. The Labute approximate surface area is 131 Å². The molecule has 112 valence electrons. The molecule has 0 saturated heterocycles. The van der Waals surface area contributed by atoms with Gasteiger partial charge in [0, 0.05) is 17.6 Å². The van der Waals surface area contributed by atoms with Gasteiger partial charge in [-0.15, -0.1) is 11.3 Å². The number of nitrogens with zero attached hydrogens (tertiary/aromatic N) is 3. The van der Waals surface area contributed by atoms with E-state index in [4.69, 9.17) is 0 Å². The number of pyridine rings is 1. The van der Waals surface area contributed by atoms with Crippen LogP contribution >= 0.6 is 11.3 Å². The van der Waals surface area contributed by atoms with Gasteiger partial charge in [-0.05, 0) is 30.0 Å². The molecule has 0 atom stereocenters. The largest absolute Gasteiger partial charge is 0.355 e. The molecule has 22 heavy (non-hydrogen) atoms. The smallest absolute Gasteiger partial charge is 0.227 e. The summed E-state index contributed by atoms with van der Waals surface area (Å²) in [6.45, 7) is 0.626.